The molecule has 1 atom stereocenters. The molecule has 8 heteroatoms. The average molecular weight is 463 g/mol. The Hall–Kier alpha value is -3.20. The van der Waals surface area contributed by atoms with E-state index in [0.29, 0.717) is 5.69 Å². The summed E-state index contributed by atoms with van der Waals surface area (Å²) >= 11 is 2.87. The van der Waals surface area contributed by atoms with Crippen LogP contribution in [0.2, 0.25) is 0 Å². The first-order valence-corrected chi connectivity index (χ1v) is 11.8. The van der Waals surface area contributed by atoms with Crippen LogP contribution in [0.1, 0.15) is 17.2 Å². The second-order valence-corrected chi connectivity index (χ2v) is 9.50. The third kappa shape index (κ3) is 5.53. The zero-order valence-corrected chi connectivity index (χ0v) is 19.0. The van der Waals surface area contributed by atoms with Gasteiger partial charge in [0.15, 0.2) is 4.34 Å². The van der Waals surface area contributed by atoms with E-state index < -0.39 is 6.04 Å². The van der Waals surface area contributed by atoms with Crippen molar-refractivity contribution < 1.29 is 9.59 Å². The Kier molecular flexibility index (Phi) is 6.84. The third-order valence-electron chi connectivity index (χ3n) is 4.74. The van der Waals surface area contributed by atoms with Crippen molar-refractivity contribution in [3.8, 4) is 0 Å². The first kappa shape index (κ1) is 22.0. The highest BCUT2D eigenvalue weighted by Crippen LogP contribution is 2.31. The number of carbonyl (C=O) groups excluding carboxylic acids is 2. The standard InChI is InChI=1S/C24H22N4O2S2/c1-15-7-9-17(10-8-15)26-21(29)14-31-24-28-19-12-11-18(13-20(19)32-24)27-23(30)22(25)16-5-3-2-4-6-16/h2-13,22H,14,25H2,1H3,(H,26,29)(H,27,30)/t22-/m1/s1. The van der Waals surface area contributed by atoms with Crippen molar-refractivity contribution in [2.75, 3.05) is 16.4 Å². The van der Waals surface area contributed by atoms with Gasteiger partial charge in [-0.1, -0.05) is 59.8 Å². The predicted molar refractivity (Wildman–Crippen MR) is 132 cm³/mol. The van der Waals surface area contributed by atoms with Gasteiger partial charge in [0.25, 0.3) is 0 Å². The van der Waals surface area contributed by atoms with Crippen LogP contribution in [0, 0.1) is 6.92 Å². The van der Waals surface area contributed by atoms with Crippen LogP contribution in [-0.2, 0) is 9.59 Å². The predicted octanol–water partition coefficient (Wildman–Crippen LogP) is 4.97. The number of aromatic nitrogens is 1. The Morgan fingerprint density at radius 1 is 1.00 bits per heavy atom. The molecule has 4 aromatic rings. The number of aryl methyl sites for hydroxylation is 1. The summed E-state index contributed by atoms with van der Waals surface area (Å²) in [5.41, 5.74) is 10.2. The van der Waals surface area contributed by atoms with Crippen LogP contribution in [0.4, 0.5) is 11.4 Å². The minimum Gasteiger partial charge on any atom is -0.325 e. The maximum absolute atomic E-state index is 12.5. The number of carbonyl (C=O) groups is 2. The highest BCUT2D eigenvalue weighted by atomic mass is 32.2. The van der Waals surface area contributed by atoms with Gasteiger partial charge in [0.1, 0.15) is 6.04 Å². The molecular formula is C24H22N4O2S2. The number of rotatable bonds is 7. The molecule has 1 heterocycles. The van der Waals surface area contributed by atoms with E-state index in [1.807, 2.05) is 73.7 Å². The van der Waals surface area contributed by atoms with Gasteiger partial charge in [-0.2, -0.15) is 0 Å². The van der Waals surface area contributed by atoms with Gasteiger partial charge in [0.2, 0.25) is 11.8 Å². The fourth-order valence-corrected chi connectivity index (χ4v) is 4.94. The number of nitrogens with one attached hydrogen (secondary N) is 2. The number of anilines is 2. The van der Waals surface area contributed by atoms with Gasteiger partial charge >= 0.3 is 0 Å². The van der Waals surface area contributed by atoms with Gasteiger partial charge in [0, 0.05) is 11.4 Å². The number of nitrogens with two attached hydrogens (primary N) is 1. The van der Waals surface area contributed by atoms with Crippen molar-refractivity contribution in [3.05, 3.63) is 83.9 Å². The minimum absolute atomic E-state index is 0.0824. The molecule has 0 aliphatic carbocycles. The van der Waals surface area contributed by atoms with E-state index in [1.165, 1.54) is 23.1 Å². The van der Waals surface area contributed by atoms with Crippen molar-refractivity contribution in [1.82, 2.24) is 4.98 Å². The van der Waals surface area contributed by atoms with Gasteiger partial charge in [0.05, 0.1) is 16.0 Å². The lowest BCUT2D eigenvalue weighted by Crippen LogP contribution is -2.27. The lowest BCUT2D eigenvalue weighted by Gasteiger charge is -2.12. The molecule has 0 spiro atoms. The van der Waals surface area contributed by atoms with E-state index in [1.54, 1.807) is 6.07 Å². The van der Waals surface area contributed by atoms with Gasteiger partial charge < -0.3 is 16.4 Å². The SMILES string of the molecule is Cc1ccc(NC(=O)CSc2nc3ccc(NC(=O)[C@H](N)c4ccccc4)cc3s2)cc1. The second kappa shape index (κ2) is 9.95. The largest absolute Gasteiger partial charge is 0.325 e. The zero-order valence-electron chi connectivity index (χ0n) is 17.4. The Balaban J connectivity index is 1.36. The van der Waals surface area contributed by atoms with Crippen LogP contribution in [0.25, 0.3) is 10.2 Å². The fraction of sp³-hybridized carbons (Fsp3) is 0.125. The maximum atomic E-state index is 12.5. The molecule has 0 saturated heterocycles. The summed E-state index contributed by atoms with van der Waals surface area (Å²) in [4.78, 5) is 29.3. The molecule has 6 nitrogen and oxygen atoms in total. The maximum Gasteiger partial charge on any atom is 0.245 e. The molecule has 0 radical (unpaired) electrons. The van der Waals surface area contributed by atoms with Crippen LogP contribution in [0.3, 0.4) is 0 Å². The van der Waals surface area contributed by atoms with Crippen molar-refractivity contribution in [1.29, 1.82) is 0 Å². The van der Waals surface area contributed by atoms with Crippen molar-refractivity contribution in [2.24, 2.45) is 5.73 Å². The van der Waals surface area contributed by atoms with Gasteiger partial charge in [-0.25, -0.2) is 4.98 Å². The lowest BCUT2D eigenvalue weighted by molar-refractivity contribution is -0.117. The number of fused-ring (bicyclic) bond motifs is 1. The number of hydrogen-bond acceptors (Lipinski definition) is 6. The number of thiazole rings is 1. The Labute approximate surface area is 194 Å². The van der Waals surface area contributed by atoms with E-state index in [4.69, 9.17) is 5.73 Å². The molecule has 0 saturated carbocycles. The summed E-state index contributed by atoms with van der Waals surface area (Å²) < 4.78 is 1.72. The molecule has 0 aliphatic rings. The van der Waals surface area contributed by atoms with Crippen molar-refractivity contribution in [3.63, 3.8) is 0 Å². The Morgan fingerprint density at radius 2 is 1.72 bits per heavy atom. The normalized spacial score (nSPS) is 11.8. The first-order chi connectivity index (χ1) is 15.5. The lowest BCUT2D eigenvalue weighted by atomic mass is 10.1. The fourth-order valence-electron chi connectivity index (χ4n) is 3.04. The molecule has 0 aliphatic heterocycles. The number of benzene rings is 3. The van der Waals surface area contributed by atoms with Crippen molar-refractivity contribution in [2.45, 2.75) is 17.3 Å². The smallest absolute Gasteiger partial charge is 0.245 e. The first-order valence-electron chi connectivity index (χ1n) is 9.99. The van der Waals surface area contributed by atoms with Gasteiger partial charge in [-0.05, 0) is 42.8 Å². The molecule has 2 amide bonds. The number of nitrogens with zero attached hydrogens (tertiary/aromatic N) is 1. The summed E-state index contributed by atoms with van der Waals surface area (Å²) in [5.74, 6) is -0.0909. The highest BCUT2D eigenvalue weighted by molar-refractivity contribution is 8.01. The molecule has 1 aromatic heterocycles. The second-order valence-electron chi connectivity index (χ2n) is 7.24. The summed E-state index contributed by atoms with van der Waals surface area (Å²) in [6.45, 7) is 2.00. The molecule has 0 bridgehead atoms. The molecule has 32 heavy (non-hydrogen) atoms. The van der Waals surface area contributed by atoms with Crippen LogP contribution in [0.5, 0.6) is 0 Å². The van der Waals surface area contributed by atoms with Gasteiger partial charge in [-0.3, -0.25) is 9.59 Å². The summed E-state index contributed by atoms with van der Waals surface area (Å²) in [7, 11) is 0. The van der Waals surface area contributed by atoms with E-state index in [-0.39, 0.29) is 17.6 Å². The van der Waals surface area contributed by atoms with E-state index in [9.17, 15) is 9.59 Å². The quantitative estimate of drug-likeness (QED) is 0.337. The van der Waals surface area contributed by atoms with Crippen molar-refractivity contribution >= 4 is 56.5 Å². The number of amides is 2. The molecular weight excluding hydrogens is 440 g/mol. The van der Waals surface area contributed by atoms with Crippen LogP contribution in [0.15, 0.2) is 77.1 Å². The highest BCUT2D eigenvalue weighted by Gasteiger charge is 2.16. The molecule has 0 fully saturated rings. The number of thioether (sulfide) groups is 1. The van der Waals surface area contributed by atoms with Crippen LogP contribution >= 0.6 is 23.1 Å². The Bertz CT molecular complexity index is 1240. The van der Waals surface area contributed by atoms with E-state index in [2.05, 4.69) is 15.6 Å². The molecule has 4 N–H and O–H groups in total. The zero-order chi connectivity index (χ0) is 22.5. The average Bonchev–Trinajstić information content (AvgIpc) is 3.21. The monoisotopic (exact) mass is 462 g/mol. The summed E-state index contributed by atoms with van der Waals surface area (Å²) in [6, 6.07) is 21.7. The van der Waals surface area contributed by atoms with Crippen LogP contribution in [-0.4, -0.2) is 22.6 Å². The van der Waals surface area contributed by atoms with E-state index in [0.717, 1.165) is 31.4 Å². The van der Waals surface area contributed by atoms with E-state index >= 15 is 0 Å². The van der Waals surface area contributed by atoms with Gasteiger partial charge in [-0.15, -0.1) is 11.3 Å². The van der Waals surface area contributed by atoms with Crippen LogP contribution < -0.4 is 16.4 Å². The third-order valence-corrected chi connectivity index (χ3v) is 6.90. The minimum atomic E-state index is -0.744. The molecule has 0 unspecified atom stereocenters. The topological polar surface area (TPSA) is 97.1 Å². The summed E-state index contributed by atoms with van der Waals surface area (Å²) in [6.07, 6.45) is 0. The molecule has 3 aromatic carbocycles. The molecule has 4 rings (SSSR count). The number of hydrogen-bond donors (Lipinski definition) is 3. The Morgan fingerprint density at radius 3 is 2.47 bits per heavy atom. The summed E-state index contributed by atoms with van der Waals surface area (Å²) in [5, 5.41) is 5.75. The molecule has 162 valence electrons.